The number of aliphatic hydroxyl groups excluding tert-OH is 1. The molecule has 0 aromatic carbocycles. The van der Waals surface area contributed by atoms with Crippen molar-refractivity contribution < 1.29 is 14.9 Å². The molecule has 0 aromatic heterocycles. The summed E-state index contributed by atoms with van der Waals surface area (Å²) < 4.78 is 6.20. The molecule has 0 radical (unpaired) electrons. The highest BCUT2D eigenvalue weighted by Gasteiger charge is 2.47. The van der Waals surface area contributed by atoms with Crippen molar-refractivity contribution >= 4 is 0 Å². The van der Waals surface area contributed by atoms with Crippen molar-refractivity contribution in [1.82, 2.24) is 0 Å². The quantitative estimate of drug-likeness (QED) is 0.707. The summed E-state index contributed by atoms with van der Waals surface area (Å²) >= 11 is 0. The number of hydrogen-bond acceptors (Lipinski definition) is 3. The Morgan fingerprint density at radius 3 is 2.28 bits per heavy atom. The Kier molecular flexibility index (Phi) is 3.37. The molecule has 1 saturated heterocycles. The van der Waals surface area contributed by atoms with Crippen LogP contribution < -0.4 is 0 Å². The third-order valence-corrected chi connectivity index (χ3v) is 4.65. The van der Waals surface area contributed by atoms with Crippen LogP contribution in [0.15, 0.2) is 12.2 Å². The summed E-state index contributed by atoms with van der Waals surface area (Å²) in [6.07, 6.45) is 6.97. The molecule has 2 N–H and O–H groups in total. The van der Waals surface area contributed by atoms with Crippen molar-refractivity contribution in [3.63, 3.8) is 0 Å². The molecule has 3 nitrogen and oxygen atoms in total. The third-order valence-electron chi connectivity index (χ3n) is 4.65. The molecule has 0 aromatic rings. The first-order valence-corrected chi connectivity index (χ1v) is 6.95. The molecular formula is C15H26O3. The summed E-state index contributed by atoms with van der Waals surface area (Å²) in [4.78, 5) is 0. The van der Waals surface area contributed by atoms with E-state index >= 15 is 0 Å². The van der Waals surface area contributed by atoms with Crippen LogP contribution in [0.1, 0.15) is 53.4 Å². The van der Waals surface area contributed by atoms with Crippen molar-refractivity contribution in [3.8, 4) is 0 Å². The fourth-order valence-electron chi connectivity index (χ4n) is 3.21. The summed E-state index contributed by atoms with van der Waals surface area (Å²) in [5, 5.41) is 19.9. The van der Waals surface area contributed by atoms with Gasteiger partial charge >= 0.3 is 0 Å². The molecule has 1 aliphatic heterocycles. The van der Waals surface area contributed by atoms with E-state index in [1.165, 1.54) is 0 Å². The van der Waals surface area contributed by atoms with E-state index in [1.54, 1.807) is 0 Å². The van der Waals surface area contributed by atoms with Gasteiger partial charge in [-0.1, -0.05) is 12.2 Å². The molecule has 0 bridgehead atoms. The Bertz CT molecular complexity index is 346. The SMILES string of the molecule is CC1(C)O[C@](C)([C@@H]2C=C[C@](C)(O)CC2)CC[C@@H]1O. The fourth-order valence-corrected chi connectivity index (χ4v) is 3.21. The summed E-state index contributed by atoms with van der Waals surface area (Å²) in [7, 11) is 0. The Hall–Kier alpha value is -0.380. The van der Waals surface area contributed by atoms with Crippen LogP contribution in [0, 0.1) is 5.92 Å². The lowest BCUT2D eigenvalue weighted by Crippen LogP contribution is -2.55. The van der Waals surface area contributed by atoms with E-state index in [0.717, 1.165) is 25.7 Å². The highest BCUT2D eigenvalue weighted by molar-refractivity contribution is 5.11. The normalized spacial score (nSPS) is 48.1. The lowest BCUT2D eigenvalue weighted by Gasteiger charge is -2.50. The molecule has 0 amide bonds. The maximum Gasteiger partial charge on any atom is 0.0891 e. The molecule has 3 heteroatoms. The van der Waals surface area contributed by atoms with Gasteiger partial charge in [-0.3, -0.25) is 0 Å². The van der Waals surface area contributed by atoms with Crippen LogP contribution in [-0.4, -0.2) is 33.1 Å². The van der Waals surface area contributed by atoms with Crippen LogP contribution in [0.2, 0.25) is 0 Å². The number of aliphatic hydroxyl groups is 2. The van der Waals surface area contributed by atoms with Gasteiger partial charge in [0.25, 0.3) is 0 Å². The van der Waals surface area contributed by atoms with Crippen LogP contribution in [0.25, 0.3) is 0 Å². The highest BCUT2D eigenvalue weighted by atomic mass is 16.5. The van der Waals surface area contributed by atoms with E-state index in [0.29, 0.717) is 5.92 Å². The Balaban J connectivity index is 2.14. The molecule has 1 heterocycles. The molecule has 1 fully saturated rings. The molecule has 0 spiro atoms. The number of ether oxygens (including phenoxy) is 1. The van der Waals surface area contributed by atoms with Gasteiger partial charge in [-0.05, 0) is 53.4 Å². The monoisotopic (exact) mass is 254 g/mol. The van der Waals surface area contributed by atoms with Gasteiger partial charge in [0, 0.05) is 5.92 Å². The molecular weight excluding hydrogens is 228 g/mol. The standard InChI is InChI=1S/C15H26O3/c1-13(2)12(16)7-10-15(4,18-13)11-5-8-14(3,17)9-6-11/h5,8,11-12,16-17H,6-7,9-10H2,1-4H3/t11-,12+,14+,15+/m1/s1. The Labute approximate surface area is 110 Å². The average molecular weight is 254 g/mol. The Morgan fingerprint density at radius 2 is 1.78 bits per heavy atom. The minimum atomic E-state index is -0.670. The zero-order chi connectivity index (χ0) is 13.6. The predicted molar refractivity (Wildman–Crippen MR) is 71.3 cm³/mol. The zero-order valence-corrected chi connectivity index (χ0v) is 11.9. The van der Waals surface area contributed by atoms with Crippen LogP contribution >= 0.6 is 0 Å². The molecule has 1 aliphatic carbocycles. The van der Waals surface area contributed by atoms with Gasteiger partial charge in [0.05, 0.1) is 22.9 Å². The second-order valence-corrected chi connectivity index (χ2v) is 6.93. The van der Waals surface area contributed by atoms with Crippen molar-refractivity contribution in [2.45, 2.75) is 76.3 Å². The largest absolute Gasteiger partial charge is 0.390 e. The summed E-state index contributed by atoms with van der Waals surface area (Å²) in [5.74, 6) is 0.324. The minimum absolute atomic E-state index is 0.226. The molecule has 0 unspecified atom stereocenters. The molecule has 18 heavy (non-hydrogen) atoms. The molecule has 2 aliphatic rings. The molecule has 0 saturated carbocycles. The van der Waals surface area contributed by atoms with Gasteiger partial charge in [-0.2, -0.15) is 0 Å². The zero-order valence-electron chi connectivity index (χ0n) is 11.9. The first kappa shape index (κ1) is 14.0. The van der Waals surface area contributed by atoms with Gasteiger partial charge in [0.1, 0.15) is 0 Å². The average Bonchev–Trinajstić information content (AvgIpc) is 2.23. The first-order valence-electron chi connectivity index (χ1n) is 6.95. The maximum atomic E-state index is 9.97. The van der Waals surface area contributed by atoms with Crippen LogP contribution in [0.4, 0.5) is 0 Å². The maximum absolute atomic E-state index is 9.97. The van der Waals surface area contributed by atoms with Gasteiger partial charge in [0.2, 0.25) is 0 Å². The van der Waals surface area contributed by atoms with Crippen molar-refractivity contribution in [2.75, 3.05) is 0 Å². The predicted octanol–water partition coefficient (Wildman–Crippen LogP) is 2.41. The van der Waals surface area contributed by atoms with Gasteiger partial charge in [-0.15, -0.1) is 0 Å². The van der Waals surface area contributed by atoms with Crippen molar-refractivity contribution in [2.24, 2.45) is 5.92 Å². The smallest absolute Gasteiger partial charge is 0.0891 e. The lowest BCUT2D eigenvalue weighted by molar-refractivity contribution is -0.229. The van der Waals surface area contributed by atoms with Crippen LogP contribution in [0.3, 0.4) is 0 Å². The fraction of sp³-hybridized carbons (Fsp3) is 0.867. The molecule has 4 atom stereocenters. The summed E-state index contributed by atoms with van der Waals surface area (Å²) in [5.41, 5.74) is -1.38. The molecule has 2 rings (SSSR count). The molecule has 104 valence electrons. The van der Waals surface area contributed by atoms with Crippen LogP contribution in [-0.2, 0) is 4.74 Å². The first-order chi connectivity index (χ1) is 8.15. The Morgan fingerprint density at radius 1 is 1.11 bits per heavy atom. The van der Waals surface area contributed by atoms with Gasteiger partial charge < -0.3 is 14.9 Å². The van der Waals surface area contributed by atoms with E-state index in [4.69, 9.17) is 4.74 Å². The topological polar surface area (TPSA) is 49.7 Å². The van der Waals surface area contributed by atoms with Crippen molar-refractivity contribution in [1.29, 1.82) is 0 Å². The summed E-state index contributed by atoms with van der Waals surface area (Å²) in [6, 6.07) is 0. The van der Waals surface area contributed by atoms with E-state index in [1.807, 2.05) is 26.8 Å². The number of hydrogen-bond donors (Lipinski definition) is 2. The highest BCUT2D eigenvalue weighted by Crippen LogP contribution is 2.44. The van der Waals surface area contributed by atoms with E-state index in [9.17, 15) is 10.2 Å². The van der Waals surface area contributed by atoms with E-state index < -0.39 is 11.2 Å². The van der Waals surface area contributed by atoms with E-state index in [2.05, 4.69) is 13.0 Å². The van der Waals surface area contributed by atoms with Crippen molar-refractivity contribution in [3.05, 3.63) is 12.2 Å². The summed E-state index contributed by atoms with van der Waals surface area (Å²) in [6.45, 7) is 7.89. The lowest BCUT2D eigenvalue weighted by atomic mass is 9.73. The third kappa shape index (κ3) is 2.63. The van der Waals surface area contributed by atoms with Gasteiger partial charge in [-0.25, -0.2) is 0 Å². The number of rotatable bonds is 1. The van der Waals surface area contributed by atoms with Gasteiger partial charge in [0.15, 0.2) is 0 Å². The minimum Gasteiger partial charge on any atom is -0.390 e. The second kappa shape index (κ2) is 4.32. The van der Waals surface area contributed by atoms with Crippen LogP contribution in [0.5, 0.6) is 0 Å². The van der Waals surface area contributed by atoms with E-state index in [-0.39, 0.29) is 11.7 Å². The second-order valence-electron chi connectivity index (χ2n) is 6.93.